The fourth-order valence-corrected chi connectivity index (χ4v) is 2.78. The molecule has 1 saturated carbocycles. The molecule has 0 amide bonds. The summed E-state index contributed by atoms with van der Waals surface area (Å²) in [6, 6.07) is 0.295. The van der Waals surface area contributed by atoms with E-state index < -0.39 is 0 Å². The molecule has 5 heteroatoms. The van der Waals surface area contributed by atoms with Gasteiger partial charge in [-0.15, -0.1) is 0 Å². The zero-order valence-electron chi connectivity index (χ0n) is 7.86. The molecule has 4 N–H and O–H groups in total. The van der Waals surface area contributed by atoms with Crippen molar-refractivity contribution in [1.82, 2.24) is 5.48 Å². The zero-order valence-corrected chi connectivity index (χ0v) is 8.68. The van der Waals surface area contributed by atoms with Crippen molar-refractivity contribution in [3.63, 3.8) is 0 Å². The largest absolute Gasteiger partial charge is 0.368 e. The Morgan fingerprint density at radius 1 is 1.69 bits per heavy atom. The topological polar surface area (TPSA) is 70.6 Å². The minimum Gasteiger partial charge on any atom is -0.368 e. The third kappa shape index (κ3) is 3.44. The Bertz CT molecular complexity index is 186. The van der Waals surface area contributed by atoms with Gasteiger partial charge in [0.1, 0.15) is 0 Å². The van der Waals surface area contributed by atoms with Gasteiger partial charge < -0.3 is 5.73 Å². The van der Waals surface area contributed by atoms with Gasteiger partial charge in [-0.1, -0.05) is 6.92 Å². The van der Waals surface area contributed by atoms with Crippen LogP contribution in [0, 0.1) is 0 Å². The van der Waals surface area contributed by atoms with Crippen LogP contribution >= 0.6 is 11.8 Å². The molecule has 4 nitrogen and oxygen atoms in total. The van der Waals surface area contributed by atoms with Crippen LogP contribution in [-0.4, -0.2) is 28.2 Å². The Labute approximate surface area is 82.9 Å². The molecule has 0 heterocycles. The summed E-state index contributed by atoms with van der Waals surface area (Å²) < 4.78 is 0. The van der Waals surface area contributed by atoms with E-state index in [1.165, 1.54) is 6.42 Å². The van der Waals surface area contributed by atoms with Crippen molar-refractivity contribution in [2.75, 3.05) is 5.75 Å². The Hall–Kier alpha value is -0.420. The molecule has 2 atom stereocenters. The maximum atomic E-state index is 8.45. The normalized spacial score (nSPS) is 29.2. The second-order valence-corrected chi connectivity index (χ2v) is 4.75. The number of aliphatic imine (C=N–C) groups is 1. The first-order chi connectivity index (χ1) is 6.26. The first kappa shape index (κ1) is 10.7. The van der Waals surface area contributed by atoms with Crippen LogP contribution in [-0.2, 0) is 0 Å². The van der Waals surface area contributed by atoms with Gasteiger partial charge in [0.15, 0.2) is 0 Å². The summed E-state index contributed by atoms with van der Waals surface area (Å²) in [6.07, 6.45) is 3.38. The van der Waals surface area contributed by atoms with Crippen LogP contribution in [0.4, 0.5) is 0 Å². The van der Waals surface area contributed by atoms with Crippen LogP contribution in [0.2, 0.25) is 0 Å². The molecule has 1 aliphatic rings. The molecule has 0 aromatic heterocycles. The molecule has 0 aromatic rings. The standard InChI is InChI=1S/C8H17N3OS/c1-2-13-7-4-3-6(5-7)10-8(9)11-12/h6-7,12H,2-5H2,1H3,(H3,9,10,11). The van der Waals surface area contributed by atoms with E-state index in [-0.39, 0.29) is 5.96 Å². The predicted octanol–water partition coefficient (Wildman–Crippen LogP) is 0.954. The molecule has 1 aliphatic carbocycles. The third-order valence-corrected chi connectivity index (χ3v) is 3.43. The number of guanidine groups is 1. The Kier molecular flexibility index (Phi) is 4.38. The molecule has 0 radical (unpaired) electrons. The SMILES string of the molecule is CCSC1CCC(N=C(N)NO)C1. The summed E-state index contributed by atoms with van der Waals surface area (Å²) in [5, 5.41) is 9.18. The molecule has 0 bridgehead atoms. The Morgan fingerprint density at radius 3 is 3.08 bits per heavy atom. The van der Waals surface area contributed by atoms with Gasteiger partial charge in [0.05, 0.1) is 6.04 Å². The van der Waals surface area contributed by atoms with E-state index in [9.17, 15) is 0 Å². The molecule has 1 fully saturated rings. The highest BCUT2D eigenvalue weighted by Gasteiger charge is 2.24. The second kappa shape index (κ2) is 5.34. The minimum absolute atomic E-state index is 0.132. The Morgan fingerprint density at radius 2 is 2.46 bits per heavy atom. The number of rotatable bonds is 3. The van der Waals surface area contributed by atoms with Gasteiger partial charge in [-0.2, -0.15) is 11.8 Å². The van der Waals surface area contributed by atoms with Crippen molar-refractivity contribution in [2.24, 2.45) is 10.7 Å². The van der Waals surface area contributed by atoms with Crippen molar-refractivity contribution in [3.05, 3.63) is 0 Å². The summed E-state index contributed by atoms with van der Waals surface area (Å²) in [6.45, 7) is 2.17. The van der Waals surface area contributed by atoms with Crippen LogP contribution in [0.1, 0.15) is 26.2 Å². The van der Waals surface area contributed by atoms with Crippen LogP contribution in [0.3, 0.4) is 0 Å². The predicted molar refractivity (Wildman–Crippen MR) is 56.1 cm³/mol. The number of hydroxylamine groups is 1. The highest BCUT2D eigenvalue weighted by Crippen LogP contribution is 2.31. The molecular weight excluding hydrogens is 186 g/mol. The average Bonchev–Trinajstić information content (AvgIpc) is 2.53. The number of hydrogen-bond acceptors (Lipinski definition) is 3. The van der Waals surface area contributed by atoms with Crippen LogP contribution < -0.4 is 11.2 Å². The molecule has 0 spiro atoms. The Balaban J connectivity index is 2.32. The van der Waals surface area contributed by atoms with Crippen molar-refractivity contribution >= 4 is 17.7 Å². The maximum absolute atomic E-state index is 8.45. The van der Waals surface area contributed by atoms with Crippen molar-refractivity contribution < 1.29 is 5.21 Å². The fraction of sp³-hybridized carbons (Fsp3) is 0.875. The molecule has 0 aromatic carbocycles. The number of nitrogens with one attached hydrogen (secondary N) is 1. The first-order valence-corrected chi connectivity index (χ1v) is 5.66. The van der Waals surface area contributed by atoms with E-state index >= 15 is 0 Å². The number of hydrogen-bond donors (Lipinski definition) is 3. The van der Waals surface area contributed by atoms with Crippen LogP contribution in [0.5, 0.6) is 0 Å². The molecule has 0 saturated heterocycles. The van der Waals surface area contributed by atoms with Gasteiger partial charge in [-0.05, 0) is 25.0 Å². The van der Waals surface area contributed by atoms with E-state index in [4.69, 9.17) is 10.9 Å². The van der Waals surface area contributed by atoms with E-state index in [1.807, 2.05) is 17.2 Å². The van der Waals surface area contributed by atoms with Gasteiger partial charge in [0, 0.05) is 5.25 Å². The lowest BCUT2D eigenvalue weighted by Gasteiger charge is -2.07. The van der Waals surface area contributed by atoms with Gasteiger partial charge in [-0.25, -0.2) is 10.5 Å². The summed E-state index contributed by atoms with van der Waals surface area (Å²) in [5.41, 5.74) is 7.21. The lowest BCUT2D eigenvalue weighted by molar-refractivity contribution is 0.232. The summed E-state index contributed by atoms with van der Waals surface area (Å²) in [7, 11) is 0. The summed E-state index contributed by atoms with van der Waals surface area (Å²) >= 11 is 1.98. The highest BCUT2D eigenvalue weighted by molar-refractivity contribution is 7.99. The maximum Gasteiger partial charge on any atom is 0.213 e. The lowest BCUT2D eigenvalue weighted by Crippen LogP contribution is -2.29. The highest BCUT2D eigenvalue weighted by atomic mass is 32.2. The number of nitrogens with two attached hydrogens (primary N) is 1. The van der Waals surface area contributed by atoms with E-state index in [0.29, 0.717) is 6.04 Å². The van der Waals surface area contributed by atoms with Crippen molar-refractivity contribution in [1.29, 1.82) is 0 Å². The fourth-order valence-electron chi connectivity index (χ4n) is 1.65. The van der Waals surface area contributed by atoms with Crippen molar-refractivity contribution in [2.45, 2.75) is 37.5 Å². The second-order valence-electron chi connectivity index (χ2n) is 3.17. The average molecular weight is 203 g/mol. The van der Waals surface area contributed by atoms with Crippen molar-refractivity contribution in [3.8, 4) is 0 Å². The number of nitrogens with zero attached hydrogens (tertiary/aromatic N) is 1. The van der Waals surface area contributed by atoms with E-state index in [0.717, 1.165) is 23.8 Å². The molecule has 1 rings (SSSR count). The van der Waals surface area contributed by atoms with Gasteiger partial charge in [-0.3, -0.25) is 5.21 Å². The van der Waals surface area contributed by atoms with Gasteiger partial charge in [0.2, 0.25) is 5.96 Å². The van der Waals surface area contributed by atoms with Crippen LogP contribution in [0.25, 0.3) is 0 Å². The summed E-state index contributed by atoms with van der Waals surface area (Å²) in [4.78, 5) is 4.15. The third-order valence-electron chi connectivity index (χ3n) is 2.20. The smallest absolute Gasteiger partial charge is 0.213 e. The molecular formula is C8H17N3OS. The van der Waals surface area contributed by atoms with Crippen LogP contribution in [0.15, 0.2) is 4.99 Å². The quantitative estimate of drug-likeness (QED) is 0.363. The molecule has 0 aliphatic heterocycles. The lowest BCUT2D eigenvalue weighted by atomic mass is 10.3. The van der Waals surface area contributed by atoms with E-state index in [2.05, 4.69) is 11.9 Å². The molecule has 2 unspecified atom stereocenters. The summed E-state index contributed by atoms with van der Waals surface area (Å²) in [5.74, 6) is 1.29. The van der Waals surface area contributed by atoms with Gasteiger partial charge >= 0.3 is 0 Å². The van der Waals surface area contributed by atoms with Gasteiger partial charge in [0.25, 0.3) is 0 Å². The minimum atomic E-state index is 0.132. The molecule has 13 heavy (non-hydrogen) atoms. The molecule has 76 valence electrons. The number of thioether (sulfide) groups is 1. The zero-order chi connectivity index (χ0) is 9.68. The first-order valence-electron chi connectivity index (χ1n) is 4.61. The monoisotopic (exact) mass is 203 g/mol. The van der Waals surface area contributed by atoms with E-state index in [1.54, 1.807) is 0 Å².